The summed E-state index contributed by atoms with van der Waals surface area (Å²) in [5.41, 5.74) is 5.05. The molecule has 70 valence electrons. The van der Waals surface area contributed by atoms with E-state index in [9.17, 15) is 9.59 Å². The van der Waals surface area contributed by atoms with Gasteiger partial charge in [0.15, 0.2) is 0 Å². The zero-order chi connectivity index (χ0) is 9.40. The van der Waals surface area contributed by atoms with Gasteiger partial charge in [-0.2, -0.15) is 0 Å². The zero-order valence-corrected chi connectivity index (χ0v) is 7.22. The molecule has 0 aromatic carbocycles. The van der Waals surface area contributed by atoms with Crippen LogP contribution in [-0.4, -0.2) is 32.0 Å². The summed E-state index contributed by atoms with van der Waals surface area (Å²) in [5.74, 6) is -0.205. The number of carbonyl (C=O) groups excluding carboxylic acids is 2. The molecule has 0 aliphatic rings. The monoisotopic (exact) mass is 173 g/mol. The summed E-state index contributed by atoms with van der Waals surface area (Å²) >= 11 is 0. The fraction of sp³-hybridized carbons (Fsp3) is 0.714. The van der Waals surface area contributed by atoms with Gasteiger partial charge in [-0.15, -0.1) is 0 Å². The molecule has 0 saturated heterocycles. The average molecular weight is 173 g/mol. The zero-order valence-electron chi connectivity index (χ0n) is 7.22. The summed E-state index contributed by atoms with van der Waals surface area (Å²) in [6, 6.07) is 0. The van der Waals surface area contributed by atoms with Gasteiger partial charge in [0, 0.05) is 20.0 Å². The first-order chi connectivity index (χ1) is 5.70. The molecule has 0 spiro atoms. The predicted octanol–water partition coefficient (Wildman–Crippen LogP) is -1.41. The van der Waals surface area contributed by atoms with Crippen LogP contribution in [-0.2, 0) is 9.59 Å². The molecule has 5 heteroatoms. The van der Waals surface area contributed by atoms with E-state index in [1.165, 1.54) is 0 Å². The lowest BCUT2D eigenvalue weighted by molar-refractivity contribution is -0.122. The van der Waals surface area contributed by atoms with Crippen LogP contribution in [0.4, 0.5) is 0 Å². The second-order valence-corrected chi connectivity index (χ2v) is 2.33. The van der Waals surface area contributed by atoms with E-state index >= 15 is 0 Å². The summed E-state index contributed by atoms with van der Waals surface area (Å²) in [6.07, 6.45) is 1.08. The third kappa shape index (κ3) is 5.67. The lowest BCUT2D eigenvalue weighted by Gasteiger charge is -2.02. The van der Waals surface area contributed by atoms with Crippen LogP contribution in [0, 0.1) is 0 Å². The molecule has 0 fully saturated rings. The van der Waals surface area contributed by atoms with E-state index in [-0.39, 0.29) is 18.4 Å². The van der Waals surface area contributed by atoms with Crippen LogP contribution in [0.3, 0.4) is 0 Å². The summed E-state index contributed by atoms with van der Waals surface area (Å²) < 4.78 is 0. The first-order valence-electron chi connectivity index (χ1n) is 3.88. The molecule has 0 rings (SSSR count). The third-order valence-corrected chi connectivity index (χ3v) is 1.37. The van der Waals surface area contributed by atoms with Crippen molar-refractivity contribution in [2.45, 2.75) is 12.8 Å². The molecule has 2 amide bonds. The van der Waals surface area contributed by atoms with Crippen molar-refractivity contribution in [1.29, 1.82) is 0 Å². The van der Waals surface area contributed by atoms with Crippen molar-refractivity contribution >= 4 is 11.8 Å². The highest BCUT2D eigenvalue weighted by molar-refractivity contribution is 5.78. The molecule has 0 aliphatic heterocycles. The highest BCUT2D eigenvalue weighted by Crippen LogP contribution is 1.85. The van der Waals surface area contributed by atoms with Crippen molar-refractivity contribution in [2.24, 2.45) is 5.73 Å². The number of nitrogens with one attached hydrogen (secondary N) is 2. The van der Waals surface area contributed by atoms with E-state index in [1.807, 2.05) is 0 Å². The van der Waals surface area contributed by atoms with E-state index in [2.05, 4.69) is 10.6 Å². The van der Waals surface area contributed by atoms with Crippen molar-refractivity contribution in [3.63, 3.8) is 0 Å². The Morgan fingerprint density at radius 3 is 2.50 bits per heavy atom. The molecule has 0 radical (unpaired) electrons. The normalized spacial score (nSPS) is 9.17. The molecule has 0 unspecified atom stereocenters. The minimum atomic E-state index is -0.188. The molecule has 0 aromatic heterocycles. The van der Waals surface area contributed by atoms with Crippen molar-refractivity contribution in [3.05, 3.63) is 0 Å². The van der Waals surface area contributed by atoms with E-state index in [0.717, 1.165) is 0 Å². The predicted molar refractivity (Wildman–Crippen MR) is 45.4 cm³/mol. The standard InChI is InChI=1S/C7H15N3O2/c1-9-6(11)3-2-4-10-7(12)5-8/h2-5,8H2,1H3,(H,9,11)(H,10,12). The quantitative estimate of drug-likeness (QED) is 0.446. The van der Waals surface area contributed by atoms with Gasteiger partial charge in [-0.25, -0.2) is 0 Å². The third-order valence-electron chi connectivity index (χ3n) is 1.37. The minimum Gasteiger partial charge on any atom is -0.359 e. The van der Waals surface area contributed by atoms with Crippen molar-refractivity contribution in [2.75, 3.05) is 20.1 Å². The van der Waals surface area contributed by atoms with E-state index in [1.54, 1.807) is 7.05 Å². The molecule has 12 heavy (non-hydrogen) atoms. The molecular formula is C7H15N3O2. The molecule has 5 nitrogen and oxygen atoms in total. The molecule has 0 aromatic rings. The van der Waals surface area contributed by atoms with Crippen LogP contribution in [0.2, 0.25) is 0 Å². The van der Waals surface area contributed by atoms with Crippen LogP contribution in [0.5, 0.6) is 0 Å². The Morgan fingerprint density at radius 1 is 1.33 bits per heavy atom. The summed E-state index contributed by atoms with van der Waals surface area (Å²) in [6.45, 7) is 0.503. The Morgan fingerprint density at radius 2 is 2.00 bits per heavy atom. The SMILES string of the molecule is CNC(=O)CCCNC(=O)CN. The van der Waals surface area contributed by atoms with Gasteiger partial charge >= 0.3 is 0 Å². The van der Waals surface area contributed by atoms with Crippen LogP contribution < -0.4 is 16.4 Å². The maximum atomic E-state index is 10.7. The average Bonchev–Trinajstić information content (AvgIpc) is 2.11. The highest BCUT2D eigenvalue weighted by atomic mass is 16.2. The molecule has 0 aliphatic carbocycles. The molecule has 0 bridgehead atoms. The summed E-state index contributed by atoms with van der Waals surface area (Å²) in [4.78, 5) is 21.3. The van der Waals surface area contributed by atoms with Crippen LogP contribution in [0.1, 0.15) is 12.8 Å². The fourth-order valence-electron chi connectivity index (χ4n) is 0.674. The van der Waals surface area contributed by atoms with E-state index < -0.39 is 0 Å². The van der Waals surface area contributed by atoms with Crippen molar-refractivity contribution < 1.29 is 9.59 Å². The number of carbonyl (C=O) groups is 2. The first kappa shape index (κ1) is 10.9. The van der Waals surface area contributed by atoms with Gasteiger partial charge < -0.3 is 16.4 Å². The van der Waals surface area contributed by atoms with Gasteiger partial charge in [-0.3, -0.25) is 9.59 Å². The second-order valence-electron chi connectivity index (χ2n) is 2.33. The van der Waals surface area contributed by atoms with E-state index in [0.29, 0.717) is 19.4 Å². The lowest BCUT2D eigenvalue weighted by atomic mass is 10.3. The van der Waals surface area contributed by atoms with Gasteiger partial charge in [0.2, 0.25) is 11.8 Å². The maximum Gasteiger partial charge on any atom is 0.233 e. The van der Waals surface area contributed by atoms with Crippen LogP contribution >= 0.6 is 0 Å². The number of nitrogens with two attached hydrogens (primary N) is 1. The van der Waals surface area contributed by atoms with Gasteiger partial charge in [0.05, 0.1) is 6.54 Å². The number of hydrogen-bond acceptors (Lipinski definition) is 3. The molecule has 0 heterocycles. The summed E-state index contributed by atoms with van der Waals surface area (Å²) in [5, 5.41) is 5.06. The Labute approximate surface area is 71.7 Å². The number of hydrogen-bond donors (Lipinski definition) is 3. The Kier molecular flexibility index (Phi) is 6.00. The van der Waals surface area contributed by atoms with Crippen molar-refractivity contribution in [3.8, 4) is 0 Å². The molecule has 0 saturated carbocycles. The summed E-state index contributed by atoms with van der Waals surface area (Å²) in [7, 11) is 1.58. The largest absolute Gasteiger partial charge is 0.359 e. The van der Waals surface area contributed by atoms with E-state index in [4.69, 9.17) is 5.73 Å². The van der Waals surface area contributed by atoms with Gasteiger partial charge in [-0.05, 0) is 6.42 Å². The minimum absolute atomic E-state index is 0.0000256. The topological polar surface area (TPSA) is 84.2 Å². The number of amides is 2. The fourth-order valence-corrected chi connectivity index (χ4v) is 0.674. The van der Waals surface area contributed by atoms with Gasteiger partial charge in [0.1, 0.15) is 0 Å². The molecule has 4 N–H and O–H groups in total. The van der Waals surface area contributed by atoms with Crippen LogP contribution in [0.15, 0.2) is 0 Å². The second kappa shape index (κ2) is 6.60. The Hall–Kier alpha value is -1.10. The Bertz CT molecular complexity index is 141. The maximum absolute atomic E-state index is 10.7. The van der Waals surface area contributed by atoms with Gasteiger partial charge in [0.25, 0.3) is 0 Å². The highest BCUT2D eigenvalue weighted by Gasteiger charge is 1.98. The van der Waals surface area contributed by atoms with Gasteiger partial charge in [-0.1, -0.05) is 0 Å². The van der Waals surface area contributed by atoms with Crippen molar-refractivity contribution in [1.82, 2.24) is 10.6 Å². The molecule has 0 atom stereocenters. The number of rotatable bonds is 5. The first-order valence-corrected chi connectivity index (χ1v) is 3.88. The smallest absolute Gasteiger partial charge is 0.233 e. The lowest BCUT2D eigenvalue weighted by Crippen LogP contribution is -2.31. The Balaban J connectivity index is 3.21. The molecular weight excluding hydrogens is 158 g/mol. The van der Waals surface area contributed by atoms with Crippen LogP contribution in [0.25, 0.3) is 0 Å².